The van der Waals surface area contributed by atoms with E-state index in [1.54, 1.807) is 13.3 Å². The standard InChI is InChI=1S/C15H26N4O2/c1-11(2)18-9-13(14(10-18)21-4)17-15(20)6-8-19-12(3)5-7-16-19/h5,7,11,13-14H,6,8-10H2,1-4H3,(H,17,20)/t13-,14-/m1/s1. The zero-order valence-corrected chi connectivity index (χ0v) is 13.4. The van der Waals surface area contributed by atoms with Crippen molar-refractivity contribution in [2.24, 2.45) is 0 Å². The highest BCUT2D eigenvalue weighted by molar-refractivity contribution is 5.76. The average molecular weight is 294 g/mol. The van der Waals surface area contributed by atoms with E-state index in [9.17, 15) is 4.79 Å². The lowest BCUT2D eigenvalue weighted by molar-refractivity contribution is -0.122. The average Bonchev–Trinajstić information content (AvgIpc) is 3.02. The van der Waals surface area contributed by atoms with Gasteiger partial charge >= 0.3 is 0 Å². The number of hydrogen-bond acceptors (Lipinski definition) is 4. The van der Waals surface area contributed by atoms with Crippen LogP contribution >= 0.6 is 0 Å². The molecule has 1 aliphatic heterocycles. The number of carbonyl (C=O) groups is 1. The minimum Gasteiger partial charge on any atom is -0.378 e. The Balaban J connectivity index is 1.83. The maximum absolute atomic E-state index is 12.1. The third-order valence-electron chi connectivity index (χ3n) is 4.15. The van der Waals surface area contributed by atoms with Crippen LogP contribution in [0.3, 0.4) is 0 Å². The van der Waals surface area contributed by atoms with Crippen molar-refractivity contribution in [2.75, 3.05) is 20.2 Å². The molecule has 1 fully saturated rings. The Labute approximate surface area is 126 Å². The quantitative estimate of drug-likeness (QED) is 0.843. The molecule has 1 saturated heterocycles. The van der Waals surface area contributed by atoms with Gasteiger partial charge in [0.05, 0.1) is 12.1 Å². The van der Waals surface area contributed by atoms with Crippen molar-refractivity contribution < 1.29 is 9.53 Å². The Hall–Kier alpha value is -1.40. The van der Waals surface area contributed by atoms with Crippen molar-refractivity contribution >= 4 is 5.91 Å². The molecule has 0 saturated carbocycles. The smallest absolute Gasteiger partial charge is 0.222 e. The molecule has 1 aromatic rings. The van der Waals surface area contributed by atoms with Gasteiger partial charge in [0.1, 0.15) is 0 Å². The molecule has 118 valence electrons. The maximum atomic E-state index is 12.1. The molecule has 0 bridgehead atoms. The van der Waals surface area contributed by atoms with Gasteiger partial charge in [-0.05, 0) is 26.8 Å². The number of carbonyl (C=O) groups excluding carboxylic acids is 1. The molecule has 0 aromatic carbocycles. The molecule has 0 aliphatic carbocycles. The molecule has 0 unspecified atom stereocenters. The van der Waals surface area contributed by atoms with Crippen LogP contribution in [0.1, 0.15) is 26.0 Å². The minimum atomic E-state index is 0.0579. The number of amides is 1. The summed E-state index contributed by atoms with van der Waals surface area (Å²) in [5.41, 5.74) is 1.07. The van der Waals surface area contributed by atoms with E-state index in [0.717, 1.165) is 18.8 Å². The molecule has 0 spiro atoms. The fraction of sp³-hybridized carbons (Fsp3) is 0.733. The van der Waals surface area contributed by atoms with Crippen molar-refractivity contribution in [1.82, 2.24) is 20.0 Å². The SMILES string of the molecule is CO[C@@H]1CN(C(C)C)C[C@H]1NC(=O)CCn1nccc1C. The molecule has 0 radical (unpaired) electrons. The summed E-state index contributed by atoms with van der Waals surface area (Å²) < 4.78 is 7.35. The first-order valence-electron chi connectivity index (χ1n) is 7.56. The fourth-order valence-electron chi connectivity index (χ4n) is 2.72. The van der Waals surface area contributed by atoms with Gasteiger partial charge in [0.2, 0.25) is 5.91 Å². The lowest BCUT2D eigenvalue weighted by atomic mass is 10.2. The first-order chi connectivity index (χ1) is 10.0. The van der Waals surface area contributed by atoms with Crippen LogP contribution in [-0.2, 0) is 16.1 Å². The normalized spacial score (nSPS) is 22.9. The first-order valence-corrected chi connectivity index (χ1v) is 7.56. The Morgan fingerprint density at radius 1 is 1.52 bits per heavy atom. The zero-order valence-electron chi connectivity index (χ0n) is 13.4. The number of methoxy groups -OCH3 is 1. The second-order valence-corrected chi connectivity index (χ2v) is 5.94. The summed E-state index contributed by atoms with van der Waals surface area (Å²) in [5.74, 6) is 0.0579. The van der Waals surface area contributed by atoms with Crippen molar-refractivity contribution in [3.05, 3.63) is 18.0 Å². The van der Waals surface area contributed by atoms with Crippen LogP contribution in [0.5, 0.6) is 0 Å². The molecule has 1 aromatic heterocycles. The molecular weight excluding hydrogens is 268 g/mol. The Morgan fingerprint density at radius 3 is 2.86 bits per heavy atom. The van der Waals surface area contributed by atoms with E-state index in [4.69, 9.17) is 4.74 Å². The molecular formula is C15H26N4O2. The molecule has 1 N–H and O–H groups in total. The van der Waals surface area contributed by atoms with Crippen LogP contribution in [-0.4, -0.2) is 59.0 Å². The van der Waals surface area contributed by atoms with Gasteiger partial charge in [-0.25, -0.2) is 0 Å². The number of aromatic nitrogens is 2. The van der Waals surface area contributed by atoms with Crippen LogP contribution in [0.25, 0.3) is 0 Å². The Morgan fingerprint density at radius 2 is 2.29 bits per heavy atom. The van der Waals surface area contributed by atoms with Crippen molar-refractivity contribution in [2.45, 2.75) is 51.9 Å². The highest BCUT2D eigenvalue weighted by atomic mass is 16.5. The van der Waals surface area contributed by atoms with E-state index < -0.39 is 0 Å². The summed E-state index contributed by atoms with van der Waals surface area (Å²) >= 11 is 0. The van der Waals surface area contributed by atoms with E-state index in [1.807, 2.05) is 17.7 Å². The number of rotatable bonds is 6. The number of hydrogen-bond donors (Lipinski definition) is 1. The number of nitrogens with zero attached hydrogens (tertiary/aromatic N) is 3. The summed E-state index contributed by atoms with van der Waals surface area (Å²) in [6.45, 7) is 8.65. The van der Waals surface area contributed by atoms with Gasteiger partial charge in [0.15, 0.2) is 0 Å². The van der Waals surface area contributed by atoms with Gasteiger partial charge in [0, 0.05) is 51.1 Å². The second-order valence-electron chi connectivity index (χ2n) is 5.94. The monoisotopic (exact) mass is 294 g/mol. The fourth-order valence-corrected chi connectivity index (χ4v) is 2.72. The van der Waals surface area contributed by atoms with E-state index in [1.165, 1.54) is 0 Å². The number of ether oxygens (including phenoxy) is 1. The second kappa shape index (κ2) is 7.04. The third-order valence-corrected chi connectivity index (χ3v) is 4.15. The predicted octanol–water partition coefficient (Wildman–Crippen LogP) is 0.805. The molecule has 2 heterocycles. The van der Waals surface area contributed by atoms with Crippen LogP contribution in [0.15, 0.2) is 12.3 Å². The number of aryl methyl sites for hydroxylation is 2. The summed E-state index contributed by atoms with van der Waals surface area (Å²) in [6, 6.07) is 2.48. The minimum absolute atomic E-state index is 0.0579. The highest BCUT2D eigenvalue weighted by Crippen LogP contribution is 2.16. The van der Waals surface area contributed by atoms with E-state index in [0.29, 0.717) is 19.0 Å². The summed E-state index contributed by atoms with van der Waals surface area (Å²) in [5, 5.41) is 7.29. The van der Waals surface area contributed by atoms with Crippen LogP contribution in [0, 0.1) is 6.92 Å². The molecule has 2 rings (SSSR count). The van der Waals surface area contributed by atoms with Crippen LogP contribution in [0.2, 0.25) is 0 Å². The summed E-state index contributed by atoms with van der Waals surface area (Å²) in [4.78, 5) is 14.4. The molecule has 6 nitrogen and oxygen atoms in total. The topological polar surface area (TPSA) is 59.4 Å². The van der Waals surface area contributed by atoms with Gasteiger partial charge in [-0.3, -0.25) is 14.4 Å². The summed E-state index contributed by atoms with van der Waals surface area (Å²) in [6.07, 6.45) is 2.27. The van der Waals surface area contributed by atoms with E-state index >= 15 is 0 Å². The first kappa shape index (κ1) is 16.0. The number of nitrogens with one attached hydrogen (secondary N) is 1. The van der Waals surface area contributed by atoms with E-state index in [2.05, 4.69) is 29.2 Å². The van der Waals surface area contributed by atoms with Gasteiger partial charge in [0.25, 0.3) is 0 Å². The third kappa shape index (κ3) is 4.04. The van der Waals surface area contributed by atoms with E-state index in [-0.39, 0.29) is 18.1 Å². The predicted molar refractivity (Wildman–Crippen MR) is 81.0 cm³/mol. The Kier molecular flexibility index (Phi) is 5.36. The summed E-state index contributed by atoms with van der Waals surface area (Å²) in [7, 11) is 1.71. The molecule has 21 heavy (non-hydrogen) atoms. The molecule has 6 heteroatoms. The maximum Gasteiger partial charge on any atom is 0.222 e. The zero-order chi connectivity index (χ0) is 15.4. The van der Waals surface area contributed by atoms with Crippen LogP contribution in [0.4, 0.5) is 0 Å². The largest absolute Gasteiger partial charge is 0.378 e. The van der Waals surface area contributed by atoms with Gasteiger partial charge in [-0.2, -0.15) is 5.10 Å². The Bertz CT molecular complexity index is 472. The van der Waals surface area contributed by atoms with Crippen molar-refractivity contribution in [3.63, 3.8) is 0 Å². The molecule has 1 aliphatic rings. The van der Waals surface area contributed by atoms with Crippen molar-refractivity contribution in [1.29, 1.82) is 0 Å². The molecule has 2 atom stereocenters. The van der Waals surface area contributed by atoms with Crippen LogP contribution < -0.4 is 5.32 Å². The van der Waals surface area contributed by atoms with Gasteiger partial charge < -0.3 is 10.1 Å². The highest BCUT2D eigenvalue weighted by Gasteiger charge is 2.34. The number of likely N-dealkylation sites (tertiary alicyclic amines) is 1. The van der Waals surface area contributed by atoms with Gasteiger partial charge in [-0.15, -0.1) is 0 Å². The van der Waals surface area contributed by atoms with Crippen molar-refractivity contribution in [3.8, 4) is 0 Å². The lowest BCUT2D eigenvalue weighted by Gasteiger charge is -2.20. The van der Waals surface area contributed by atoms with Gasteiger partial charge in [-0.1, -0.05) is 0 Å². The lowest BCUT2D eigenvalue weighted by Crippen LogP contribution is -2.44. The molecule has 1 amide bonds.